The first-order valence-electron chi connectivity index (χ1n) is 7.51. The lowest BCUT2D eigenvalue weighted by Gasteiger charge is -2.25. The van der Waals surface area contributed by atoms with E-state index in [1.54, 1.807) is 19.2 Å². The molecule has 1 amide bonds. The van der Waals surface area contributed by atoms with Gasteiger partial charge >= 0.3 is 0 Å². The third-order valence-electron chi connectivity index (χ3n) is 3.82. The lowest BCUT2D eigenvalue weighted by molar-refractivity contribution is -0.120. The predicted molar refractivity (Wildman–Crippen MR) is 82.7 cm³/mol. The van der Waals surface area contributed by atoms with Crippen LogP contribution in [0.15, 0.2) is 18.2 Å². The second-order valence-corrected chi connectivity index (χ2v) is 5.41. The molecule has 21 heavy (non-hydrogen) atoms. The van der Waals surface area contributed by atoms with E-state index in [4.69, 9.17) is 15.2 Å². The highest BCUT2D eigenvalue weighted by Gasteiger charge is 2.25. The summed E-state index contributed by atoms with van der Waals surface area (Å²) in [5.74, 6) is 1.34. The topological polar surface area (TPSA) is 73.6 Å². The molecule has 0 saturated heterocycles. The minimum absolute atomic E-state index is 0.00592. The van der Waals surface area contributed by atoms with Gasteiger partial charge in [-0.25, -0.2) is 0 Å². The van der Waals surface area contributed by atoms with Crippen molar-refractivity contribution in [2.45, 2.75) is 38.6 Å². The van der Waals surface area contributed by atoms with E-state index in [9.17, 15) is 4.79 Å². The molecule has 0 heterocycles. The van der Waals surface area contributed by atoms with Gasteiger partial charge < -0.3 is 20.5 Å². The molecule has 2 unspecified atom stereocenters. The van der Waals surface area contributed by atoms with Gasteiger partial charge in [-0.2, -0.15) is 0 Å². The molecule has 1 saturated carbocycles. The van der Waals surface area contributed by atoms with Crippen molar-refractivity contribution in [1.82, 2.24) is 0 Å². The van der Waals surface area contributed by atoms with Crippen LogP contribution < -0.4 is 20.5 Å². The Hall–Kier alpha value is -1.75. The number of carbonyl (C=O) groups is 1. The fourth-order valence-electron chi connectivity index (χ4n) is 2.73. The Bertz CT molecular complexity index is 490. The lowest BCUT2D eigenvalue weighted by Crippen LogP contribution is -2.34. The monoisotopic (exact) mass is 292 g/mol. The third kappa shape index (κ3) is 4.11. The first-order chi connectivity index (χ1) is 10.1. The van der Waals surface area contributed by atoms with Crippen LogP contribution in [-0.4, -0.2) is 25.7 Å². The van der Waals surface area contributed by atoms with Gasteiger partial charge in [0.15, 0.2) is 11.5 Å². The largest absolute Gasteiger partial charge is 0.493 e. The zero-order valence-electron chi connectivity index (χ0n) is 12.7. The van der Waals surface area contributed by atoms with Crippen LogP contribution >= 0.6 is 0 Å². The molecule has 0 radical (unpaired) electrons. The van der Waals surface area contributed by atoms with Crippen LogP contribution in [0.5, 0.6) is 11.5 Å². The third-order valence-corrected chi connectivity index (χ3v) is 3.82. The smallest absolute Gasteiger partial charge is 0.227 e. The van der Waals surface area contributed by atoms with Crippen molar-refractivity contribution in [2.75, 3.05) is 19.0 Å². The molecule has 116 valence electrons. The molecule has 0 bridgehead atoms. The van der Waals surface area contributed by atoms with E-state index in [0.29, 0.717) is 18.1 Å². The Kier molecular flexibility index (Phi) is 5.44. The maximum absolute atomic E-state index is 12.3. The number of hydrogen-bond donors (Lipinski definition) is 2. The second kappa shape index (κ2) is 7.31. The van der Waals surface area contributed by atoms with Crippen molar-refractivity contribution < 1.29 is 14.3 Å². The standard InChI is InChI=1S/C16H24N2O3/c1-3-21-15-10-13(7-8-14(15)20-2)18-16(19)11-5-4-6-12(17)9-11/h7-8,10-12H,3-6,9,17H2,1-2H3,(H,18,19). The van der Waals surface area contributed by atoms with Crippen molar-refractivity contribution in [3.63, 3.8) is 0 Å². The lowest BCUT2D eigenvalue weighted by atomic mass is 9.85. The predicted octanol–water partition coefficient (Wildman–Crippen LogP) is 2.55. The van der Waals surface area contributed by atoms with Gasteiger partial charge in [0.05, 0.1) is 13.7 Å². The SMILES string of the molecule is CCOc1cc(NC(=O)C2CCCC(N)C2)ccc1OC. The van der Waals surface area contributed by atoms with Gasteiger partial charge in [0.25, 0.3) is 0 Å². The van der Waals surface area contributed by atoms with Crippen LogP contribution in [0.25, 0.3) is 0 Å². The number of ether oxygens (including phenoxy) is 2. The zero-order chi connectivity index (χ0) is 15.2. The maximum atomic E-state index is 12.3. The van der Waals surface area contributed by atoms with E-state index >= 15 is 0 Å². The van der Waals surface area contributed by atoms with Crippen molar-refractivity contribution in [2.24, 2.45) is 11.7 Å². The van der Waals surface area contributed by atoms with Gasteiger partial charge in [-0.3, -0.25) is 4.79 Å². The summed E-state index contributed by atoms with van der Waals surface area (Å²) in [6, 6.07) is 5.56. The highest BCUT2D eigenvalue weighted by Crippen LogP contribution is 2.31. The molecule has 5 heteroatoms. The molecule has 2 atom stereocenters. The Labute approximate surface area is 125 Å². The van der Waals surface area contributed by atoms with Crippen LogP contribution in [0, 0.1) is 5.92 Å². The summed E-state index contributed by atoms with van der Waals surface area (Å²) < 4.78 is 10.8. The van der Waals surface area contributed by atoms with Crippen LogP contribution in [0.3, 0.4) is 0 Å². The first-order valence-corrected chi connectivity index (χ1v) is 7.51. The number of methoxy groups -OCH3 is 1. The molecule has 3 N–H and O–H groups in total. The number of nitrogens with one attached hydrogen (secondary N) is 1. The molecular weight excluding hydrogens is 268 g/mol. The summed E-state index contributed by atoms with van der Waals surface area (Å²) in [6.45, 7) is 2.46. The second-order valence-electron chi connectivity index (χ2n) is 5.41. The first kappa shape index (κ1) is 15.6. The van der Waals surface area contributed by atoms with E-state index in [2.05, 4.69) is 5.32 Å². The van der Waals surface area contributed by atoms with Gasteiger partial charge in [0, 0.05) is 23.7 Å². The van der Waals surface area contributed by atoms with E-state index in [-0.39, 0.29) is 17.9 Å². The van der Waals surface area contributed by atoms with Gasteiger partial charge in [-0.05, 0) is 38.3 Å². The number of nitrogens with two attached hydrogens (primary N) is 1. The quantitative estimate of drug-likeness (QED) is 0.874. The number of carbonyl (C=O) groups excluding carboxylic acids is 1. The average molecular weight is 292 g/mol. The van der Waals surface area contributed by atoms with Crippen LogP contribution in [0.1, 0.15) is 32.6 Å². The fourth-order valence-corrected chi connectivity index (χ4v) is 2.73. The van der Waals surface area contributed by atoms with Gasteiger partial charge in [-0.15, -0.1) is 0 Å². The molecular formula is C16H24N2O3. The highest BCUT2D eigenvalue weighted by molar-refractivity contribution is 5.93. The Morgan fingerprint density at radius 1 is 1.38 bits per heavy atom. The molecule has 0 aliphatic heterocycles. The minimum atomic E-state index is 0.00592. The summed E-state index contributed by atoms with van der Waals surface area (Å²) in [5.41, 5.74) is 6.67. The van der Waals surface area contributed by atoms with E-state index in [1.165, 1.54) is 0 Å². The number of amides is 1. The number of anilines is 1. The summed E-state index contributed by atoms with van der Waals surface area (Å²) in [7, 11) is 1.60. The average Bonchev–Trinajstić information content (AvgIpc) is 2.48. The minimum Gasteiger partial charge on any atom is -0.493 e. The van der Waals surface area contributed by atoms with Crippen molar-refractivity contribution in [1.29, 1.82) is 0 Å². The van der Waals surface area contributed by atoms with E-state index in [1.807, 2.05) is 13.0 Å². The van der Waals surface area contributed by atoms with Gasteiger partial charge in [-0.1, -0.05) is 6.42 Å². The van der Waals surface area contributed by atoms with E-state index < -0.39 is 0 Å². The van der Waals surface area contributed by atoms with Crippen molar-refractivity contribution in [3.8, 4) is 11.5 Å². The molecule has 1 aromatic carbocycles. The van der Waals surface area contributed by atoms with Gasteiger partial charge in [0.2, 0.25) is 5.91 Å². The number of rotatable bonds is 5. The number of hydrogen-bond acceptors (Lipinski definition) is 4. The van der Waals surface area contributed by atoms with E-state index in [0.717, 1.165) is 31.4 Å². The Morgan fingerprint density at radius 2 is 2.19 bits per heavy atom. The summed E-state index contributed by atoms with van der Waals surface area (Å²) >= 11 is 0. The number of benzene rings is 1. The molecule has 0 spiro atoms. The molecule has 2 rings (SSSR count). The van der Waals surface area contributed by atoms with Crippen molar-refractivity contribution >= 4 is 11.6 Å². The summed E-state index contributed by atoms with van der Waals surface area (Å²) in [4.78, 5) is 12.3. The highest BCUT2D eigenvalue weighted by atomic mass is 16.5. The van der Waals surface area contributed by atoms with Crippen LogP contribution in [0.2, 0.25) is 0 Å². The Balaban J connectivity index is 2.04. The van der Waals surface area contributed by atoms with Crippen LogP contribution in [0.4, 0.5) is 5.69 Å². The molecule has 5 nitrogen and oxygen atoms in total. The maximum Gasteiger partial charge on any atom is 0.227 e. The van der Waals surface area contributed by atoms with Gasteiger partial charge in [0.1, 0.15) is 0 Å². The van der Waals surface area contributed by atoms with Crippen LogP contribution in [-0.2, 0) is 4.79 Å². The fraction of sp³-hybridized carbons (Fsp3) is 0.562. The molecule has 1 aliphatic rings. The summed E-state index contributed by atoms with van der Waals surface area (Å²) in [5, 5.41) is 2.95. The Morgan fingerprint density at radius 3 is 2.86 bits per heavy atom. The molecule has 1 aromatic rings. The molecule has 1 fully saturated rings. The normalized spacial score (nSPS) is 21.7. The van der Waals surface area contributed by atoms with Crippen molar-refractivity contribution in [3.05, 3.63) is 18.2 Å². The molecule has 1 aliphatic carbocycles. The zero-order valence-corrected chi connectivity index (χ0v) is 12.7. The summed E-state index contributed by atoms with van der Waals surface area (Å²) in [6.07, 6.45) is 3.71. The molecule has 0 aromatic heterocycles.